The van der Waals surface area contributed by atoms with Gasteiger partial charge in [0.2, 0.25) is 5.56 Å². The van der Waals surface area contributed by atoms with Crippen LogP contribution in [0.2, 0.25) is 0 Å². The first-order chi connectivity index (χ1) is 8.16. The number of aromatic nitrogens is 1. The maximum Gasteiger partial charge on any atom is 0.268 e. The predicted octanol–water partition coefficient (Wildman–Crippen LogP) is 0.408. The Kier molecular flexibility index (Phi) is 3.58. The van der Waals surface area contributed by atoms with Crippen LogP contribution in [0.5, 0.6) is 0 Å². The normalized spacial score (nSPS) is 24.3. The van der Waals surface area contributed by atoms with E-state index in [1.807, 2.05) is 0 Å². The highest BCUT2D eigenvalue weighted by atomic mass is 16.3. The minimum absolute atomic E-state index is 0.208. The summed E-state index contributed by atoms with van der Waals surface area (Å²) in [6.07, 6.45) is 3.02. The lowest BCUT2D eigenvalue weighted by Gasteiger charge is -2.28. The van der Waals surface area contributed by atoms with Crippen molar-refractivity contribution in [3.05, 3.63) is 34.2 Å². The maximum atomic E-state index is 11.8. The van der Waals surface area contributed by atoms with Gasteiger partial charge in [0.25, 0.3) is 5.91 Å². The third-order valence-electron chi connectivity index (χ3n) is 3.06. The summed E-state index contributed by atoms with van der Waals surface area (Å²) in [5, 5.41) is 12.5. The number of nitrogens with one attached hydrogen (secondary N) is 2. The summed E-state index contributed by atoms with van der Waals surface area (Å²) in [7, 11) is 0. The molecule has 1 heterocycles. The molecule has 0 spiro atoms. The van der Waals surface area contributed by atoms with Crippen molar-refractivity contribution in [3.8, 4) is 0 Å². The van der Waals surface area contributed by atoms with Crippen LogP contribution < -0.4 is 10.9 Å². The zero-order valence-electron chi connectivity index (χ0n) is 9.48. The minimum Gasteiger partial charge on any atom is -0.391 e. The van der Waals surface area contributed by atoms with Crippen LogP contribution >= 0.6 is 0 Å². The van der Waals surface area contributed by atoms with Crippen molar-refractivity contribution in [2.24, 2.45) is 0 Å². The highest BCUT2D eigenvalue weighted by molar-refractivity contribution is 5.92. The van der Waals surface area contributed by atoms with Gasteiger partial charge in [0.1, 0.15) is 5.69 Å². The van der Waals surface area contributed by atoms with E-state index in [-0.39, 0.29) is 23.2 Å². The van der Waals surface area contributed by atoms with Gasteiger partial charge in [-0.3, -0.25) is 9.59 Å². The lowest BCUT2D eigenvalue weighted by Crippen LogP contribution is -2.45. The minimum atomic E-state index is -0.483. The van der Waals surface area contributed by atoms with E-state index in [1.54, 1.807) is 6.07 Å². The summed E-state index contributed by atoms with van der Waals surface area (Å²) < 4.78 is 0. The van der Waals surface area contributed by atoms with Gasteiger partial charge in [0.15, 0.2) is 0 Å². The number of amides is 1. The molecule has 0 radical (unpaired) electrons. The third kappa shape index (κ3) is 2.94. The Morgan fingerprint density at radius 3 is 2.82 bits per heavy atom. The molecule has 1 aromatic heterocycles. The fourth-order valence-electron chi connectivity index (χ4n) is 2.11. The molecule has 0 saturated heterocycles. The number of carbonyl (C=O) groups is 1. The molecule has 92 valence electrons. The second kappa shape index (κ2) is 5.14. The molecular formula is C12H16N2O3. The first kappa shape index (κ1) is 11.9. The summed E-state index contributed by atoms with van der Waals surface area (Å²) in [5.74, 6) is -0.339. The molecule has 1 aliphatic rings. The van der Waals surface area contributed by atoms with Crippen LogP contribution in [0.4, 0.5) is 0 Å². The van der Waals surface area contributed by atoms with Crippen LogP contribution in [0.15, 0.2) is 23.0 Å². The van der Waals surface area contributed by atoms with Gasteiger partial charge >= 0.3 is 0 Å². The van der Waals surface area contributed by atoms with Crippen molar-refractivity contribution in [2.45, 2.75) is 37.8 Å². The second-order valence-corrected chi connectivity index (χ2v) is 4.36. The molecular weight excluding hydrogens is 220 g/mol. The monoisotopic (exact) mass is 236 g/mol. The van der Waals surface area contributed by atoms with Crippen LogP contribution in [0, 0.1) is 0 Å². The van der Waals surface area contributed by atoms with Gasteiger partial charge in [0.05, 0.1) is 12.1 Å². The van der Waals surface area contributed by atoms with Crippen LogP contribution in [0.1, 0.15) is 36.2 Å². The molecule has 1 saturated carbocycles. The fourth-order valence-corrected chi connectivity index (χ4v) is 2.11. The number of hydrogen-bond donors (Lipinski definition) is 3. The van der Waals surface area contributed by atoms with Crippen LogP contribution in [0.25, 0.3) is 0 Å². The van der Waals surface area contributed by atoms with E-state index in [2.05, 4.69) is 10.3 Å². The molecule has 2 unspecified atom stereocenters. The Morgan fingerprint density at radius 2 is 2.12 bits per heavy atom. The van der Waals surface area contributed by atoms with Crippen LogP contribution in [0.3, 0.4) is 0 Å². The van der Waals surface area contributed by atoms with Crippen molar-refractivity contribution in [2.75, 3.05) is 0 Å². The summed E-state index contributed by atoms with van der Waals surface area (Å²) in [6.45, 7) is 0. The average Bonchev–Trinajstić information content (AvgIpc) is 2.32. The number of aliphatic hydroxyl groups excluding tert-OH is 1. The number of aliphatic hydroxyl groups is 1. The zero-order valence-corrected chi connectivity index (χ0v) is 9.48. The summed E-state index contributed by atoms with van der Waals surface area (Å²) in [6, 6.07) is 4.23. The van der Waals surface area contributed by atoms with E-state index in [0.29, 0.717) is 0 Å². The Morgan fingerprint density at radius 1 is 1.35 bits per heavy atom. The van der Waals surface area contributed by atoms with Crippen molar-refractivity contribution in [3.63, 3.8) is 0 Å². The van der Waals surface area contributed by atoms with Gasteiger partial charge in [0, 0.05) is 6.07 Å². The highest BCUT2D eigenvalue weighted by Gasteiger charge is 2.24. The molecule has 5 nitrogen and oxygen atoms in total. The highest BCUT2D eigenvalue weighted by Crippen LogP contribution is 2.18. The first-order valence-corrected chi connectivity index (χ1v) is 5.85. The number of pyridine rings is 1. The number of H-pyrrole nitrogens is 1. The molecule has 0 aromatic carbocycles. The van der Waals surface area contributed by atoms with E-state index in [9.17, 15) is 14.7 Å². The van der Waals surface area contributed by atoms with Gasteiger partial charge in [-0.25, -0.2) is 0 Å². The summed E-state index contributed by atoms with van der Waals surface area (Å²) in [5.41, 5.74) is -0.0721. The average molecular weight is 236 g/mol. The summed E-state index contributed by atoms with van der Waals surface area (Å²) in [4.78, 5) is 25.3. The topological polar surface area (TPSA) is 82.2 Å². The molecule has 3 N–H and O–H groups in total. The Bertz CT molecular complexity index is 455. The summed E-state index contributed by atoms with van der Waals surface area (Å²) >= 11 is 0. The molecule has 2 rings (SSSR count). The molecule has 2 atom stereocenters. The largest absolute Gasteiger partial charge is 0.391 e. The number of aromatic amines is 1. The van der Waals surface area contributed by atoms with E-state index < -0.39 is 6.10 Å². The van der Waals surface area contributed by atoms with E-state index in [1.165, 1.54) is 12.1 Å². The van der Waals surface area contributed by atoms with E-state index >= 15 is 0 Å². The van der Waals surface area contributed by atoms with Crippen molar-refractivity contribution < 1.29 is 9.90 Å². The zero-order chi connectivity index (χ0) is 12.3. The van der Waals surface area contributed by atoms with E-state index in [4.69, 9.17) is 0 Å². The fraction of sp³-hybridized carbons (Fsp3) is 0.500. The lowest BCUT2D eigenvalue weighted by molar-refractivity contribution is 0.0713. The molecule has 0 aliphatic heterocycles. The van der Waals surface area contributed by atoms with Crippen LogP contribution in [-0.2, 0) is 0 Å². The molecule has 1 aliphatic carbocycles. The Balaban J connectivity index is 2.03. The van der Waals surface area contributed by atoms with Gasteiger partial charge in [-0.15, -0.1) is 0 Å². The van der Waals surface area contributed by atoms with Crippen molar-refractivity contribution in [1.29, 1.82) is 0 Å². The SMILES string of the molecule is O=C(NC1CCCCC1O)c1cccc(=O)[nH]1. The number of carbonyl (C=O) groups excluding carboxylic acids is 1. The molecule has 17 heavy (non-hydrogen) atoms. The van der Waals surface area contributed by atoms with Crippen molar-refractivity contribution >= 4 is 5.91 Å². The van der Waals surface area contributed by atoms with E-state index in [0.717, 1.165) is 25.7 Å². The smallest absolute Gasteiger partial charge is 0.268 e. The standard InChI is InChI=1S/C12H16N2O3/c15-10-6-2-1-4-8(10)14-12(17)9-5-3-7-11(16)13-9/h3,5,7-8,10,15H,1-2,4,6H2,(H,13,16)(H,14,17). The quantitative estimate of drug-likeness (QED) is 0.695. The third-order valence-corrected chi connectivity index (χ3v) is 3.06. The predicted molar refractivity (Wildman–Crippen MR) is 62.8 cm³/mol. The first-order valence-electron chi connectivity index (χ1n) is 5.85. The Labute approximate surface area is 98.9 Å². The number of rotatable bonds is 2. The molecule has 5 heteroatoms. The van der Waals surface area contributed by atoms with Gasteiger partial charge in [-0.1, -0.05) is 18.9 Å². The van der Waals surface area contributed by atoms with Crippen LogP contribution in [-0.4, -0.2) is 28.1 Å². The van der Waals surface area contributed by atoms with Gasteiger partial charge in [-0.2, -0.15) is 0 Å². The Hall–Kier alpha value is -1.62. The van der Waals surface area contributed by atoms with Gasteiger partial charge < -0.3 is 15.4 Å². The maximum absolute atomic E-state index is 11.8. The second-order valence-electron chi connectivity index (χ2n) is 4.36. The molecule has 1 aromatic rings. The molecule has 1 fully saturated rings. The van der Waals surface area contributed by atoms with Crippen molar-refractivity contribution in [1.82, 2.24) is 10.3 Å². The molecule has 0 bridgehead atoms. The number of hydrogen-bond acceptors (Lipinski definition) is 3. The molecule has 1 amide bonds. The lowest BCUT2D eigenvalue weighted by atomic mass is 9.92. The van der Waals surface area contributed by atoms with Gasteiger partial charge in [-0.05, 0) is 18.9 Å².